The third-order valence-electron chi connectivity index (χ3n) is 4.63. The Morgan fingerprint density at radius 2 is 1.95 bits per heavy atom. The smallest absolute Gasteiger partial charge is 0.233 e. The van der Waals surface area contributed by atoms with Crippen LogP contribution in [0.2, 0.25) is 0 Å². The second-order valence-corrected chi connectivity index (χ2v) is 6.73. The van der Waals surface area contributed by atoms with Gasteiger partial charge in [0.25, 0.3) is 0 Å². The van der Waals surface area contributed by atoms with Crippen molar-refractivity contribution in [2.45, 2.75) is 45.1 Å². The molecule has 2 rings (SSSR count). The summed E-state index contributed by atoms with van der Waals surface area (Å²) < 4.78 is 5.34. The molecular formula is C15H27N3O2S. The summed E-state index contributed by atoms with van der Waals surface area (Å²) in [6, 6.07) is 0.101. The molecule has 3 N–H and O–H groups in total. The van der Waals surface area contributed by atoms with E-state index in [0.717, 1.165) is 58.5 Å². The van der Waals surface area contributed by atoms with Crippen molar-refractivity contribution in [1.29, 1.82) is 0 Å². The number of amides is 1. The van der Waals surface area contributed by atoms with Gasteiger partial charge < -0.3 is 15.8 Å². The van der Waals surface area contributed by atoms with Gasteiger partial charge in [0.05, 0.1) is 23.6 Å². The molecule has 0 aromatic rings. The van der Waals surface area contributed by atoms with Crippen molar-refractivity contribution in [2.24, 2.45) is 11.1 Å². The summed E-state index contributed by atoms with van der Waals surface area (Å²) in [4.78, 5) is 15.4. The van der Waals surface area contributed by atoms with Crippen LogP contribution in [0, 0.1) is 5.41 Å². The first kappa shape index (κ1) is 16.6. The Balaban J connectivity index is 1.90. The molecule has 1 amide bonds. The summed E-state index contributed by atoms with van der Waals surface area (Å²) >= 11 is 5.21. The molecule has 0 aromatic heterocycles. The minimum absolute atomic E-state index is 0.0236. The number of hydrogen-bond acceptors (Lipinski definition) is 4. The molecule has 0 bridgehead atoms. The van der Waals surface area contributed by atoms with Crippen LogP contribution >= 0.6 is 12.2 Å². The van der Waals surface area contributed by atoms with Gasteiger partial charge in [0, 0.05) is 25.7 Å². The van der Waals surface area contributed by atoms with Crippen LogP contribution in [0.4, 0.5) is 0 Å². The van der Waals surface area contributed by atoms with E-state index in [9.17, 15) is 4.79 Å². The van der Waals surface area contributed by atoms with E-state index in [-0.39, 0.29) is 11.9 Å². The zero-order valence-electron chi connectivity index (χ0n) is 12.9. The van der Waals surface area contributed by atoms with Gasteiger partial charge in [-0.15, -0.1) is 0 Å². The van der Waals surface area contributed by atoms with Gasteiger partial charge in [0.1, 0.15) is 0 Å². The number of thiocarbonyl (C=S) groups is 1. The lowest BCUT2D eigenvalue weighted by Gasteiger charge is -2.36. The topological polar surface area (TPSA) is 67.6 Å². The van der Waals surface area contributed by atoms with Crippen LogP contribution in [-0.2, 0) is 9.53 Å². The molecule has 1 saturated carbocycles. The van der Waals surface area contributed by atoms with Gasteiger partial charge >= 0.3 is 0 Å². The van der Waals surface area contributed by atoms with Gasteiger partial charge in [-0.1, -0.05) is 31.5 Å². The highest BCUT2D eigenvalue weighted by Crippen LogP contribution is 2.37. The highest BCUT2D eigenvalue weighted by atomic mass is 32.1. The number of ether oxygens (including phenoxy) is 1. The number of nitrogens with one attached hydrogen (secondary N) is 1. The number of rotatable bonds is 5. The molecule has 0 aromatic carbocycles. The van der Waals surface area contributed by atoms with Crippen molar-refractivity contribution in [2.75, 3.05) is 32.8 Å². The van der Waals surface area contributed by atoms with E-state index in [2.05, 4.69) is 10.2 Å². The molecule has 120 valence electrons. The standard InChI is InChI=1S/C15H27N3O2S/c1-12(11-18-7-9-20-10-8-18)17-14(19)15(13(16)21)5-3-2-4-6-15/h12H,2-11H2,1H3,(H2,16,21)(H,17,19). The van der Waals surface area contributed by atoms with E-state index < -0.39 is 5.41 Å². The average Bonchev–Trinajstić information content (AvgIpc) is 2.48. The van der Waals surface area contributed by atoms with Crippen LogP contribution in [0.25, 0.3) is 0 Å². The Morgan fingerprint density at radius 1 is 1.33 bits per heavy atom. The largest absolute Gasteiger partial charge is 0.392 e. The van der Waals surface area contributed by atoms with E-state index >= 15 is 0 Å². The summed E-state index contributed by atoms with van der Waals surface area (Å²) in [6.07, 6.45) is 4.81. The fraction of sp³-hybridized carbons (Fsp3) is 0.867. The number of morpholine rings is 1. The van der Waals surface area contributed by atoms with Crippen molar-refractivity contribution >= 4 is 23.1 Å². The summed E-state index contributed by atoms with van der Waals surface area (Å²) in [6.45, 7) is 6.31. The van der Waals surface area contributed by atoms with E-state index in [1.54, 1.807) is 0 Å². The van der Waals surface area contributed by atoms with Crippen LogP contribution in [0.1, 0.15) is 39.0 Å². The monoisotopic (exact) mass is 313 g/mol. The fourth-order valence-electron chi connectivity index (χ4n) is 3.32. The lowest BCUT2D eigenvalue weighted by molar-refractivity contribution is -0.129. The molecule has 5 nitrogen and oxygen atoms in total. The first-order valence-corrected chi connectivity index (χ1v) is 8.36. The molecule has 1 atom stereocenters. The normalized spacial score (nSPS) is 24.2. The van der Waals surface area contributed by atoms with Crippen molar-refractivity contribution in [3.8, 4) is 0 Å². The second kappa shape index (κ2) is 7.51. The SMILES string of the molecule is CC(CN1CCOCC1)NC(=O)C1(C(N)=S)CCCCC1. The molecule has 1 aliphatic carbocycles. The van der Waals surface area contributed by atoms with Gasteiger partial charge in [-0.3, -0.25) is 9.69 Å². The van der Waals surface area contributed by atoms with Gasteiger partial charge in [-0.2, -0.15) is 0 Å². The number of hydrogen-bond donors (Lipinski definition) is 2. The van der Waals surface area contributed by atoms with Crippen molar-refractivity contribution in [3.05, 3.63) is 0 Å². The van der Waals surface area contributed by atoms with E-state index in [1.807, 2.05) is 6.92 Å². The van der Waals surface area contributed by atoms with Crippen LogP contribution in [0.3, 0.4) is 0 Å². The van der Waals surface area contributed by atoms with E-state index in [1.165, 1.54) is 6.42 Å². The number of carbonyl (C=O) groups excluding carboxylic acids is 1. The molecule has 1 unspecified atom stereocenters. The maximum Gasteiger partial charge on any atom is 0.233 e. The highest BCUT2D eigenvalue weighted by molar-refractivity contribution is 7.80. The van der Waals surface area contributed by atoms with Crippen molar-refractivity contribution in [3.63, 3.8) is 0 Å². The van der Waals surface area contributed by atoms with E-state index in [4.69, 9.17) is 22.7 Å². The summed E-state index contributed by atoms with van der Waals surface area (Å²) in [5.41, 5.74) is 5.29. The number of nitrogens with two attached hydrogens (primary N) is 1. The highest BCUT2D eigenvalue weighted by Gasteiger charge is 2.42. The first-order chi connectivity index (χ1) is 10.0. The summed E-state index contributed by atoms with van der Waals surface area (Å²) in [5.74, 6) is 0.0236. The third-order valence-corrected chi connectivity index (χ3v) is 5.02. The summed E-state index contributed by atoms with van der Waals surface area (Å²) in [7, 11) is 0. The molecule has 2 aliphatic rings. The number of nitrogens with zero attached hydrogens (tertiary/aromatic N) is 1. The van der Waals surface area contributed by atoms with Gasteiger partial charge in [-0.05, 0) is 19.8 Å². The molecule has 0 spiro atoms. The van der Waals surface area contributed by atoms with Gasteiger partial charge in [0.15, 0.2) is 0 Å². The minimum Gasteiger partial charge on any atom is -0.392 e. The second-order valence-electron chi connectivity index (χ2n) is 6.29. The van der Waals surface area contributed by atoms with Crippen molar-refractivity contribution in [1.82, 2.24) is 10.2 Å². The molecule has 21 heavy (non-hydrogen) atoms. The quantitative estimate of drug-likeness (QED) is 0.743. The molecular weight excluding hydrogens is 286 g/mol. The van der Waals surface area contributed by atoms with Crippen molar-refractivity contribution < 1.29 is 9.53 Å². The predicted octanol–water partition coefficient (Wildman–Crippen LogP) is 1.06. The third kappa shape index (κ3) is 4.14. The number of carbonyl (C=O) groups is 1. The molecule has 1 heterocycles. The maximum atomic E-state index is 12.7. The van der Waals surface area contributed by atoms with Crippen LogP contribution < -0.4 is 11.1 Å². The Morgan fingerprint density at radius 3 is 2.52 bits per heavy atom. The van der Waals surface area contributed by atoms with Gasteiger partial charge in [-0.25, -0.2) is 0 Å². The minimum atomic E-state index is -0.618. The molecule has 1 aliphatic heterocycles. The lowest BCUT2D eigenvalue weighted by Crippen LogP contribution is -2.54. The van der Waals surface area contributed by atoms with Crippen LogP contribution in [0.5, 0.6) is 0 Å². The van der Waals surface area contributed by atoms with E-state index in [0.29, 0.717) is 4.99 Å². The Kier molecular flexibility index (Phi) is 5.96. The molecule has 1 saturated heterocycles. The first-order valence-electron chi connectivity index (χ1n) is 7.95. The maximum absolute atomic E-state index is 12.7. The molecule has 6 heteroatoms. The summed E-state index contributed by atoms with van der Waals surface area (Å²) in [5, 5.41) is 3.13. The Hall–Kier alpha value is -0.720. The molecule has 2 fully saturated rings. The lowest BCUT2D eigenvalue weighted by atomic mass is 9.73. The average molecular weight is 313 g/mol. The zero-order chi connectivity index (χ0) is 15.3. The predicted molar refractivity (Wildman–Crippen MR) is 87.2 cm³/mol. The zero-order valence-corrected chi connectivity index (χ0v) is 13.7. The van der Waals surface area contributed by atoms with Crippen LogP contribution in [-0.4, -0.2) is 54.7 Å². The Bertz CT molecular complexity index is 377. The molecule has 0 radical (unpaired) electrons. The Labute approximate surface area is 132 Å². The van der Waals surface area contributed by atoms with Crippen LogP contribution in [0.15, 0.2) is 0 Å². The fourth-order valence-corrected chi connectivity index (χ4v) is 3.62. The van der Waals surface area contributed by atoms with Gasteiger partial charge in [0.2, 0.25) is 5.91 Å².